The Balaban J connectivity index is 1.88. The van der Waals surface area contributed by atoms with Crippen LogP contribution in [0.2, 0.25) is 0 Å². The average molecular weight is 341 g/mol. The molecular formula is C19H23N3OS. The normalized spacial score (nSPS) is 18.0. The molecule has 1 aromatic carbocycles. The molecule has 0 bridgehead atoms. The summed E-state index contributed by atoms with van der Waals surface area (Å²) in [6.45, 7) is 9.98. The molecule has 0 saturated heterocycles. The van der Waals surface area contributed by atoms with Gasteiger partial charge in [0.1, 0.15) is 5.75 Å². The molecule has 0 fully saturated rings. The molecule has 5 heteroatoms. The predicted molar refractivity (Wildman–Crippen MR) is 104 cm³/mol. The Morgan fingerprint density at radius 2 is 2.17 bits per heavy atom. The molecule has 1 aromatic rings. The Bertz CT molecular complexity index is 736. The van der Waals surface area contributed by atoms with Gasteiger partial charge < -0.3 is 4.74 Å². The number of nitrogens with zero attached hydrogens (tertiary/aromatic N) is 2. The Labute approximate surface area is 148 Å². The highest BCUT2D eigenvalue weighted by Gasteiger charge is 2.22. The monoisotopic (exact) mass is 341 g/mol. The summed E-state index contributed by atoms with van der Waals surface area (Å²) in [6, 6.07) is 5.86. The van der Waals surface area contributed by atoms with Crippen LogP contribution < -0.4 is 9.88 Å². The predicted octanol–water partition coefficient (Wildman–Crippen LogP) is 4.28. The first-order valence-electron chi connectivity index (χ1n) is 8.04. The third-order valence-corrected chi connectivity index (χ3v) is 5.34. The summed E-state index contributed by atoms with van der Waals surface area (Å²) in [5.41, 5.74) is 7.11. The van der Waals surface area contributed by atoms with Crippen LogP contribution in [0, 0.1) is 0 Å². The number of methoxy groups -OCH3 is 1. The molecule has 0 saturated carbocycles. The number of benzene rings is 1. The second-order valence-electron chi connectivity index (χ2n) is 6.04. The first-order chi connectivity index (χ1) is 11.7. The second kappa shape index (κ2) is 7.38. The van der Waals surface area contributed by atoms with E-state index < -0.39 is 0 Å². The number of allylic oxidation sites excluding steroid dienone is 3. The average Bonchev–Trinajstić information content (AvgIpc) is 2.65. The van der Waals surface area contributed by atoms with Gasteiger partial charge in [-0.05, 0) is 54.8 Å². The van der Waals surface area contributed by atoms with Gasteiger partial charge >= 0.3 is 0 Å². The van der Waals surface area contributed by atoms with E-state index in [2.05, 4.69) is 28.7 Å². The van der Waals surface area contributed by atoms with Gasteiger partial charge in [-0.3, -0.25) is 10.1 Å². The maximum absolute atomic E-state index is 5.70. The second-order valence-corrected chi connectivity index (χ2v) is 6.76. The summed E-state index contributed by atoms with van der Waals surface area (Å²) in [5, 5.41) is 5.70. The molecule has 126 valence electrons. The van der Waals surface area contributed by atoms with Crippen LogP contribution in [0.5, 0.6) is 5.75 Å². The van der Waals surface area contributed by atoms with Crippen molar-refractivity contribution >= 4 is 30.1 Å². The van der Waals surface area contributed by atoms with E-state index in [1.54, 1.807) is 7.11 Å². The number of nitrogens with two attached hydrogens (primary N) is 1. The van der Waals surface area contributed by atoms with E-state index >= 15 is 0 Å². The van der Waals surface area contributed by atoms with Gasteiger partial charge in [0.05, 0.1) is 12.8 Å². The highest BCUT2D eigenvalue weighted by atomic mass is 32.2. The molecule has 0 amide bonds. The van der Waals surface area contributed by atoms with Crippen LogP contribution in [0.3, 0.4) is 0 Å². The fraction of sp³-hybridized carbons (Fsp3) is 0.316. The molecule has 1 aliphatic heterocycles. The number of aliphatic imine (C=N–C) groups is 1. The quantitative estimate of drug-likeness (QED) is 0.641. The van der Waals surface area contributed by atoms with Gasteiger partial charge in [-0.15, -0.1) is 0 Å². The topological polar surface area (TPSA) is 50.8 Å². The maximum atomic E-state index is 5.70. The molecule has 1 heterocycles. The van der Waals surface area contributed by atoms with Gasteiger partial charge in [-0.2, -0.15) is 0 Å². The van der Waals surface area contributed by atoms with Crippen LogP contribution in [-0.4, -0.2) is 31.2 Å². The maximum Gasteiger partial charge on any atom is 0.121 e. The number of hydrogen-bond donors (Lipinski definition) is 1. The first kappa shape index (κ1) is 17.0. The zero-order valence-corrected chi connectivity index (χ0v) is 14.9. The minimum atomic E-state index is 0.781. The van der Waals surface area contributed by atoms with Crippen molar-refractivity contribution in [1.29, 1.82) is 0 Å². The van der Waals surface area contributed by atoms with E-state index in [9.17, 15) is 0 Å². The van der Waals surface area contributed by atoms with Gasteiger partial charge in [0, 0.05) is 36.9 Å². The number of hydrogen-bond acceptors (Lipinski definition) is 5. The van der Waals surface area contributed by atoms with Gasteiger partial charge in [0.15, 0.2) is 0 Å². The lowest BCUT2D eigenvalue weighted by molar-refractivity contribution is 0.415. The fourth-order valence-electron chi connectivity index (χ4n) is 3.32. The van der Waals surface area contributed by atoms with E-state index in [1.807, 2.05) is 18.2 Å². The summed E-state index contributed by atoms with van der Waals surface area (Å²) in [5.74, 6) is 0.781. The largest absolute Gasteiger partial charge is 0.497 e. The van der Waals surface area contributed by atoms with Crippen molar-refractivity contribution in [3.8, 4) is 5.75 Å². The molecule has 1 aliphatic carbocycles. The lowest BCUT2D eigenvalue weighted by Gasteiger charge is -2.31. The minimum absolute atomic E-state index is 0.781. The van der Waals surface area contributed by atoms with Crippen LogP contribution in [0.25, 0.3) is 5.57 Å². The zero-order chi connectivity index (χ0) is 17.1. The van der Waals surface area contributed by atoms with Crippen LogP contribution in [0.4, 0.5) is 5.69 Å². The number of ether oxygens (including phenoxy) is 1. The lowest BCUT2D eigenvalue weighted by Crippen LogP contribution is -2.28. The minimum Gasteiger partial charge on any atom is -0.497 e. The molecule has 4 nitrogen and oxygen atoms in total. The molecule has 2 N–H and O–H groups in total. The highest BCUT2D eigenvalue weighted by molar-refractivity contribution is 7.94. The summed E-state index contributed by atoms with van der Waals surface area (Å²) in [6.07, 6.45) is 5.44. The Morgan fingerprint density at radius 1 is 1.33 bits per heavy atom. The van der Waals surface area contributed by atoms with Gasteiger partial charge in [-0.25, -0.2) is 4.31 Å². The van der Waals surface area contributed by atoms with Crippen LogP contribution in [-0.2, 0) is 0 Å². The van der Waals surface area contributed by atoms with Crippen LogP contribution in [0.15, 0.2) is 52.6 Å². The summed E-state index contributed by atoms with van der Waals surface area (Å²) >= 11 is 1.34. The molecule has 0 atom stereocenters. The van der Waals surface area contributed by atoms with Crippen LogP contribution >= 0.6 is 12.1 Å². The van der Waals surface area contributed by atoms with Crippen molar-refractivity contribution < 1.29 is 4.74 Å². The standard InChI is InChI=1S/C19H23N3OS/c1-13(18-7-6-17(23-3)11-19(18)21-2)14-4-5-16-12-22(24-20)9-8-15(16)10-14/h6-7,10-11H,1-2,4-5,8-9,12,20H2,3H3. The van der Waals surface area contributed by atoms with Crippen molar-refractivity contribution in [2.45, 2.75) is 19.3 Å². The highest BCUT2D eigenvalue weighted by Crippen LogP contribution is 2.39. The third-order valence-electron chi connectivity index (χ3n) is 4.73. The Kier molecular flexibility index (Phi) is 5.23. The lowest BCUT2D eigenvalue weighted by atomic mass is 9.84. The molecule has 3 rings (SSSR count). The summed E-state index contributed by atoms with van der Waals surface area (Å²) < 4.78 is 7.49. The van der Waals surface area contributed by atoms with Gasteiger partial charge in [0.25, 0.3) is 0 Å². The molecular weight excluding hydrogens is 318 g/mol. The molecule has 2 aliphatic rings. The molecule has 0 radical (unpaired) electrons. The summed E-state index contributed by atoms with van der Waals surface area (Å²) in [7, 11) is 1.65. The van der Waals surface area contributed by atoms with Gasteiger partial charge in [-0.1, -0.05) is 18.2 Å². The van der Waals surface area contributed by atoms with E-state index in [0.29, 0.717) is 0 Å². The zero-order valence-electron chi connectivity index (χ0n) is 14.0. The van der Waals surface area contributed by atoms with Crippen molar-refractivity contribution in [3.05, 3.63) is 53.1 Å². The third kappa shape index (κ3) is 3.34. The van der Waals surface area contributed by atoms with E-state index in [4.69, 9.17) is 9.88 Å². The van der Waals surface area contributed by atoms with Crippen molar-refractivity contribution in [3.63, 3.8) is 0 Å². The number of rotatable bonds is 5. The molecule has 24 heavy (non-hydrogen) atoms. The van der Waals surface area contributed by atoms with E-state index in [1.165, 1.54) is 28.9 Å². The molecule has 0 spiro atoms. The fourth-order valence-corrected chi connectivity index (χ4v) is 3.75. The summed E-state index contributed by atoms with van der Waals surface area (Å²) in [4.78, 5) is 4.14. The van der Waals surface area contributed by atoms with Crippen LogP contribution in [0.1, 0.15) is 24.8 Å². The Morgan fingerprint density at radius 3 is 2.88 bits per heavy atom. The SMILES string of the molecule is C=Nc1cc(OC)ccc1C(=C)C1=CC2=C(CC1)CN(SN)CC2. The molecule has 0 unspecified atom stereocenters. The van der Waals surface area contributed by atoms with Crippen molar-refractivity contribution in [2.24, 2.45) is 10.1 Å². The van der Waals surface area contributed by atoms with E-state index in [0.717, 1.165) is 54.9 Å². The van der Waals surface area contributed by atoms with Crippen molar-refractivity contribution in [1.82, 2.24) is 4.31 Å². The smallest absolute Gasteiger partial charge is 0.121 e. The molecule has 0 aromatic heterocycles. The Hall–Kier alpha value is -1.82. The van der Waals surface area contributed by atoms with Gasteiger partial charge in [0.2, 0.25) is 0 Å². The van der Waals surface area contributed by atoms with Crippen molar-refractivity contribution in [2.75, 3.05) is 20.2 Å². The first-order valence-corrected chi connectivity index (χ1v) is 8.87. The van der Waals surface area contributed by atoms with E-state index in [-0.39, 0.29) is 0 Å².